The van der Waals surface area contributed by atoms with E-state index in [4.69, 9.17) is 4.74 Å². The molecule has 1 aromatic carbocycles. The van der Waals surface area contributed by atoms with Gasteiger partial charge in [0.05, 0.1) is 12.1 Å². The zero-order valence-corrected chi connectivity index (χ0v) is 13.9. The molecule has 21 heavy (non-hydrogen) atoms. The molecular weight excluding hydrogens is 262 g/mol. The van der Waals surface area contributed by atoms with Gasteiger partial charge in [-0.2, -0.15) is 0 Å². The Bertz CT molecular complexity index is 451. The number of hydrogen-bond acceptors (Lipinski definition) is 2. The Morgan fingerprint density at radius 1 is 1.24 bits per heavy atom. The fraction of sp³-hybridized carbons (Fsp3) is 0.667. The summed E-state index contributed by atoms with van der Waals surface area (Å²) in [5.41, 5.74) is 2.39. The Labute approximate surface area is 128 Å². The average molecular weight is 292 g/mol. The molecule has 3 nitrogen and oxygen atoms in total. The molecule has 0 radical (unpaired) electrons. The van der Waals surface area contributed by atoms with Crippen LogP contribution in [-0.4, -0.2) is 36.4 Å². The Balaban J connectivity index is 1.87. The maximum Gasteiger partial charge on any atom is 0.137 e. The van der Waals surface area contributed by atoms with Crippen molar-refractivity contribution >= 4 is 0 Å². The number of aryl methyl sites for hydroxylation is 1. The minimum Gasteiger partial charge on any atom is -0.490 e. The quantitative estimate of drug-likeness (QED) is 0.869. The molecule has 0 spiro atoms. The highest BCUT2D eigenvalue weighted by atomic mass is 16.5. The first-order valence-corrected chi connectivity index (χ1v) is 8.21. The van der Waals surface area contributed by atoms with Crippen LogP contribution in [0.2, 0.25) is 0 Å². The Kier molecular flexibility index (Phi) is 5.65. The largest absolute Gasteiger partial charge is 0.490 e. The van der Waals surface area contributed by atoms with Gasteiger partial charge in [0.25, 0.3) is 0 Å². The van der Waals surface area contributed by atoms with Crippen LogP contribution in [-0.2, 0) is 0 Å². The summed E-state index contributed by atoms with van der Waals surface area (Å²) in [6, 6.07) is 7.35. The summed E-state index contributed by atoms with van der Waals surface area (Å²) in [6.45, 7) is 9.91. The number of likely N-dealkylation sites (tertiary alicyclic amines) is 1. The second-order valence-electron chi connectivity index (χ2n) is 6.67. The van der Waals surface area contributed by atoms with Gasteiger partial charge in [-0.3, -0.25) is 0 Å². The summed E-state index contributed by atoms with van der Waals surface area (Å²) >= 11 is 0. The van der Waals surface area contributed by atoms with Crippen LogP contribution >= 0.6 is 0 Å². The number of benzene rings is 1. The van der Waals surface area contributed by atoms with Crippen molar-refractivity contribution in [3.63, 3.8) is 0 Å². The van der Waals surface area contributed by atoms with E-state index in [1.54, 1.807) is 0 Å². The van der Waals surface area contributed by atoms with Gasteiger partial charge < -0.3 is 14.7 Å². The van der Waals surface area contributed by atoms with Crippen LogP contribution in [0.5, 0.6) is 5.75 Å². The summed E-state index contributed by atoms with van der Waals surface area (Å²) in [5.74, 6) is 0.892. The number of nitrogens with one attached hydrogen (secondary N) is 1. The first kappa shape index (κ1) is 16.3. The maximum atomic E-state index is 10.3. The molecule has 1 heterocycles. The molecule has 0 aliphatic carbocycles. The topological polar surface area (TPSA) is 33.9 Å². The van der Waals surface area contributed by atoms with Crippen molar-refractivity contribution < 1.29 is 14.7 Å². The van der Waals surface area contributed by atoms with E-state index >= 15 is 0 Å². The van der Waals surface area contributed by atoms with Crippen LogP contribution < -0.4 is 9.64 Å². The number of ether oxygens (including phenoxy) is 1. The van der Waals surface area contributed by atoms with Gasteiger partial charge in [0, 0.05) is 0 Å². The van der Waals surface area contributed by atoms with Gasteiger partial charge in [0.2, 0.25) is 0 Å². The SMILES string of the molecule is Cc1cccc(OC[C@@H](O)C[NH+]2[C@@H](C)CCC[C@@H]2C)c1C. The van der Waals surface area contributed by atoms with Crippen LogP contribution in [0.1, 0.15) is 44.2 Å². The second-order valence-corrected chi connectivity index (χ2v) is 6.67. The summed E-state index contributed by atoms with van der Waals surface area (Å²) in [4.78, 5) is 1.53. The number of aliphatic hydroxyl groups is 1. The van der Waals surface area contributed by atoms with E-state index in [1.165, 1.54) is 29.7 Å². The van der Waals surface area contributed by atoms with Crippen molar-refractivity contribution in [2.45, 2.75) is 65.1 Å². The van der Waals surface area contributed by atoms with Crippen molar-refractivity contribution in [1.82, 2.24) is 0 Å². The lowest BCUT2D eigenvalue weighted by Crippen LogP contribution is -3.20. The molecule has 118 valence electrons. The molecule has 1 saturated heterocycles. The fourth-order valence-electron chi connectivity index (χ4n) is 3.39. The van der Waals surface area contributed by atoms with Crippen LogP contribution in [0.3, 0.4) is 0 Å². The molecule has 1 aromatic rings. The molecule has 0 unspecified atom stereocenters. The second kappa shape index (κ2) is 7.28. The minimum atomic E-state index is -0.400. The molecule has 2 rings (SSSR count). The summed E-state index contributed by atoms with van der Waals surface area (Å²) in [7, 11) is 0. The van der Waals surface area contributed by atoms with E-state index in [9.17, 15) is 5.11 Å². The smallest absolute Gasteiger partial charge is 0.137 e. The molecule has 1 aliphatic heterocycles. The van der Waals surface area contributed by atoms with E-state index in [0.29, 0.717) is 18.7 Å². The lowest BCUT2D eigenvalue weighted by molar-refractivity contribution is -0.954. The molecule has 1 fully saturated rings. The van der Waals surface area contributed by atoms with Crippen LogP contribution in [0.25, 0.3) is 0 Å². The standard InChI is InChI=1S/C18H29NO2/c1-13-7-5-10-18(16(13)4)21-12-17(20)11-19-14(2)8-6-9-15(19)3/h5,7,10,14-15,17,20H,6,8-9,11-12H2,1-4H3/p+1/t14-,15-,17-/m0/s1. The van der Waals surface area contributed by atoms with E-state index in [0.717, 1.165) is 17.9 Å². The van der Waals surface area contributed by atoms with Gasteiger partial charge in [-0.05, 0) is 64.2 Å². The Morgan fingerprint density at radius 2 is 1.90 bits per heavy atom. The molecule has 3 heteroatoms. The van der Waals surface area contributed by atoms with E-state index in [1.807, 2.05) is 12.1 Å². The summed E-state index contributed by atoms with van der Waals surface area (Å²) in [5, 5.41) is 10.3. The zero-order valence-electron chi connectivity index (χ0n) is 13.9. The van der Waals surface area contributed by atoms with E-state index in [2.05, 4.69) is 33.8 Å². The predicted octanol–water partition coefficient (Wildman–Crippen LogP) is 1.89. The van der Waals surface area contributed by atoms with Crippen LogP contribution in [0, 0.1) is 13.8 Å². The van der Waals surface area contributed by atoms with Crippen LogP contribution in [0.4, 0.5) is 0 Å². The molecule has 2 N–H and O–H groups in total. The maximum absolute atomic E-state index is 10.3. The third-order valence-electron chi connectivity index (χ3n) is 5.00. The van der Waals surface area contributed by atoms with Crippen molar-refractivity contribution in [3.8, 4) is 5.75 Å². The zero-order chi connectivity index (χ0) is 15.4. The predicted molar refractivity (Wildman–Crippen MR) is 86.0 cm³/mol. The normalized spacial score (nSPS) is 24.8. The minimum absolute atomic E-state index is 0.382. The third kappa shape index (κ3) is 4.21. The first-order valence-electron chi connectivity index (χ1n) is 8.21. The molecule has 0 amide bonds. The molecular formula is C18H30NO2+. The van der Waals surface area contributed by atoms with E-state index < -0.39 is 6.10 Å². The molecule has 0 saturated carbocycles. The summed E-state index contributed by atoms with van der Waals surface area (Å²) in [6.07, 6.45) is 3.46. The average Bonchev–Trinajstić information content (AvgIpc) is 2.45. The number of quaternary nitrogens is 1. The molecule has 1 aliphatic rings. The van der Waals surface area contributed by atoms with Crippen molar-refractivity contribution in [3.05, 3.63) is 29.3 Å². The lowest BCUT2D eigenvalue weighted by atomic mass is 9.97. The number of aliphatic hydroxyl groups excluding tert-OH is 1. The van der Waals surface area contributed by atoms with Crippen molar-refractivity contribution in [2.75, 3.05) is 13.2 Å². The Morgan fingerprint density at radius 3 is 2.57 bits per heavy atom. The Hall–Kier alpha value is -1.06. The third-order valence-corrected chi connectivity index (χ3v) is 5.00. The molecule has 3 atom stereocenters. The van der Waals surface area contributed by atoms with E-state index in [-0.39, 0.29) is 0 Å². The highest BCUT2D eigenvalue weighted by Crippen LogP contribution is 2.20. The van der Waals surface area contributed by atoms with Gasteiger partial charge in [-0.15, -0.1) is 0 Å². The number of piperidine rings is 1. The van der Waals surface area contributed by atoms with Gasteiger partial charge in [0.1, 0.15) is 25.0 Å². The molecule has 0 bridgehead atoms. The van der Waals surface area contributed by atoms with Gasteiger partial charge in [0.15, 0.2) is 0 Å². The first-order chi connectivity index (χ1) is 9.99. The monoisotopic (exact) mass is 292 g/mol. The highest BCUT2D eigenvalue weighted by Gasteiger charge is 2.30. The van der Waals surface area contributed by atoms with Gasteiger partial charge >= 0.3 is 0 Å². The highest BCUT2D eigenvalue weighted by molar-refractivity contribution is 5.38. The lowest BCUT2D eigenvalue weighted by Gasteiger charge is -2.36. The van der Waals surface area contributed by atoms with Gasteiger partial charge in [-0.1, -0.05) is 12.1 Å². The summed E-state index contributed by atoms with van der Waals surface area (Å²) < 4.78 is 5.83. The molecule has 0 aromatic heterocycles. The van der Waals surface area contributed by atoms with Crippen molar-refractivity contribution in [2.24, 2.45) is 0 Å². The van der Waals surface area contributed by atoms with Gasteiger partial charge in [-0.25, -0.2) is 0 Å². The van der Waals surface area contributed by atoms with Crippen molar-refractivity contribution in [1.29, 1.82) is 0 Å². The number of hydrogen-bond donors (Lipinski definition) is 2. The number of rotatable bonds is 5. The van der Waals surface area contributed by atoms with Crippen LogP contribution in [0.15, 0.2) is 18.2 Å². The fourth-order valence-corrected chi connectivity index (χ4v) is 3.39.